The lowest BCUT2D eigenvalue weighted by Crippen LogP contribution is -2.14. The Morgan fingerprint density at radius 1 is 1.58 bits per heavy atom. The van der Waals surface area contributed by atoms with Gasteiger partial charge in [0.15, 0.2) is 0 Å². The van der Waals surface area contributed by atoms with Crippen molar-refractivity contribution in [2.75, 3.05) is 0 Å². The van der Waals surface area contributed by atoms with Crippen LogP contribution in [0.25, 0.3) is 0 Å². The van der Waals surface area contributed by atoms with Gasteiger partial charge in [0.2, 0.25) is 0 Å². The predicted molar refractivity (Wildman–Crippen MR) is 51.6 cm³/mol. The molecule has 0 saturated heterocycles. The molecule has 2 nitrogen and oxygen atoms in total. The molecule has 0 amide bonds. The number of carbonyl (C=O) groups excluding carboxylic acids is 1. The minimum Gasteiger partial charge on any atom is -0.402 e. The first-order chi connectivity index (χ1) is 5.57. The number of nitrogens with two attached hydrogens (primary N) is 1. The Hall–Kier alpha value is -0.790. The third-order valence-electron chi connectivity index (χ3n) is 1.99. The lowest BCUT2D eigenvalue weighted by Gasteiger charge is -2.12. The van der Waals surface area contributed by atoms with Gasteiger partial charge < -0.3 is 5.73 Å². The number of hydrogen-bond acceptors (Lipinski definition) is 2. The molecule has 12 heavy (non-hydrogen) atoms. The molecule has 2 N–H and O–H groups in total. The standard InChI is InChI=1S/C10H19NO/c1-4-5-6-10(9(3)12)7-8(2)11/h10H,2,4-7,11H2,1,3H3. The normalized spacial score (nSPS) is 12.5. The summed E-state index contributed by atoms with van der Waals surface area (Å²) in [7, 11) is 0. The van der Waals surface area contributed by atoms with E-state index < -0.39 is 0 Å². The average molecular weight is 169 g/mol. The third kappa shape index (κ3) is 4.94. The SMILES string of the molecule is C=C(N)CC(CCCC)C(C)=O. The van der Waals surface area contributed by atoms with E-state index in [1.54, 1.807) is 6.92 Å². The largest absolute Gasteiger partial charge is 0.402 e. The molecule has 70 valence electrons. The molecule has 1 unspecified atom stereocenters. The molecule has 0 aromatic rings. The Kier molecular flexibility index (Phi) is 5.43. The summed E-state index contributed by atoms with van der Waals surface area (Å²) in [5.41, 5.74) is 6.07. The highest BCUT2D eigenvalue weighted by molar-refractivity contribution is 5.78. The molecule has 0 aliphatic carbocycles. The fourth-order valence-electron chi connectivity index (χ4n) is 1.22. The predicted octanol–water partition coefficient (Wildman–Crippen LogP) is 2.24. The smallest absolute Gasteiger partial charge is 0.133 e. The summed E-state index contributed by atoms with van der Waals surface area (Å²) in [6, 6.07) is 0. The topological polar surface area (TPSA) is 43.1 Å². The van der Waals surface area contributed by atoms with Gasteiger partial charge in [0.25, 0.3) is 0 Å². The Bertz CT molecular complexity index is 163. The lowest BCUT2D eigenvalue weighted by molar-refractivity contribution is -0.120. The van der Waals surface area contributed by atoms with Crippen molar-refractivity contribution in [1.82, 2.24) is 0 Å². The van der Waals surface area contributed by atoms with E-state index in [2.05, 4.69) is 13.5 Å². The van der Waals surface area contributed by atoms with E-state index in [9.17, 15) is 4.79 Å². The molecular formula is C10H19NO. The van der Waals surface area contributed by atoms with Crippen LogP contribution in [-0.2, 0) is 4.79 Å². The van der Waals surface area contributed by atoms with Crippen LogP contribution in [0.1, 0.15) is 39.5 Å². The maximum Gasteiger partial charge on any atom is 0.133 e. The molecule has 0 aromatic heterocycles. The second-order valence-electron chi connectivity index (χ2n) is 3.31. The summed E-state index contributed by atoms with van der Waals surface area (Å²) in [4.78, 5) is 11.1. The third-order valence-corrected chi connectivity index (χ3v) is 1.99. The lowest BCUT2D eigenvalue weighted by atomic mass is 9.94. The quantitative estimate of drug-likeness (QED) is 0.662. The first kappa shape index (κ1) is 11.2. The molecule has 0 aromatic carbocycles. The number of allylic oxidation sites excluding steroid dienone is 1. The molecular weight excluding hydrogens is 150 g/mol. The van der Waals surface area contributed by atoms with E-state index >= 15 is 0 Å². The van der Waals surface area contributed by atoms with Crippen molar-refractivity contribution >= 4 is 5.78 Å². The molecule has 0 fully saturated rings. The maximum absolute atomic E-state index is 11.1. The fourth-order valence-corrected chi connectivity index (χ4v) is 1.22. The fraction of sp³-hybridized carbons (Fsp3) is 0.700. The molecule has 0 aliphatic heterocycles. The Morgan fingerprint density at radius 3 is 2.50 bits per heavy atom. The Labute approximate surface area is 74.8 Å². The van der Waals surface area contributed by atoms with Gasteiger partial charge in [-0.1, -0.05) is 26.3 Å². The van der Waals surface area contributed by atoms with Gasteiger partial charge >= 0.3 is 0 Å². The monoisotopic (exact) mass is 169 g/mol. The molecule has 0 rings (SSSR count). The van der Waals surface area contributed by atoms with Gasteiger partial charge in [0.1, 0.15) is 5.78 Å². The summed E-state index contributed by atoms with van der Waals surface area (Å²) >= 11 is 0. The van der Waals surface area contributed by atoms with E-state index in [-0.39, 0.29) is 11.7 Å². The zero-order chi connectivity index (χ0) is 9.56. The highest BCUT2D eigenvalue weighted by Crippen LogP contribution is 2.15. The summed E-state index contributed by atoms with van der Waals surface area (Å²) in [5, 5.41) is 0. The van der Waals surface area contributed by atoms with Gasteiger partial charge in [-0.2, -0.15) is 0 Å². The molecule has 0 bridgehead atoms. The second kappa shape index (κ2) is 5.81. The molecule has 2 heteroatoms. The van der Waals surface area contributed by atoms with E-state index in [4.69, 9.17) is 5.73 Å². The Balaban J connectivity index is 3.87. The van der Waals surface area contributed by atoms with Crippen molar-refractivity contribution in [3.8, 4) is 0 Å². The van der Waals surface area contributed by atoms with Crippen LogP contribution < -0.4 is 5.73 Å². The van der Waals surface area contributed by atoms with Crippen LogP contribution in [0.4, 0.5) is 0 Å². The highest BCUT2D eigenvalue weighted by atomic mass is 16.1. The number of Topliss-reactive ketones (excluding diaryl/α,β-unsaturated/α-hetero) is 1. The number of hydrogen-bond donors (Lipinski definition) is 1. The zero-order valence-corrected chi connectivity index (χ0v) is 8.10. The van der Waals surface area contributed by atoms with Crippen LogP contribution in [-0.4, -0.2) is 5.78 Å². The van der Waals surface area contributed by atoms with Crippen LogP contribution in [0.2, 0.25) is 0 Å². The molecule has 0 radical (unpaired) electrons. The number of rotatable bonds is 6. The Morgan fingerprint density at radius 2 is 2.17 bits per heavy atom. The zero-order valence-electron chi connectivity index (χ0n) is 8.10. The van der Waals surface area contributed by atoms with E-state index in [1.807, 2.05) is 0 Å². The first-order valence-electron chi connectivity index (χ1n) is 4.51. The van der Waals surface area contributed by atoms with Crippen molar-refractivity contribution < 1.29 is 4.79 Å². The van der Waals surface area contributed by atoms with Crippen LogP contribution in [0, 0.1) is 5.92 Å². The summed E-state index contributed by atoms with van der Waals surface area (Å²) < 4.78 is 0. The molecule has 0 aliphatic rings. The number of unbranched alkanes of at least 4 members (excludes halogenated alkanes) is 1. The molecule has 0 spiro atoms. The minimum absolute atomic E-state index is 0.0995. The van der Waals surface area contributed by atoms with Gasteiger partial charge in [0.05, 0.1) is 0 Å². The summed E-state index contributed by atoms with van der Waals surface area (Å²) in [6.07, 6.45) is 3.82. The summed E-state index contributed by atoms with van der Waals surface area (Å²) in [6.45, 7) is 7.36. The van der Waals surface area contributed by atoms with Crippen LogP contribution in [0.15, 0.2) is 12.3 Å². The molecule has 0 saturated carbocycles. The van der Waals surface area contributed by atoms with E-state index in [0.717, 1.165) is 19.3 Å². The maximum atomic E-state index is 11.1. The molecule has 1 atom stereocenters. The van der Waals surface area contributed by atoms with Crippen molar-refractivity contribution in [3.05, 3.63) is 12.3 Å². The van der Waals surface area contributed by atoms with Gasteiger partial charge in [-0.05, 0) is 19.8 Å². The molecule has 0 heterocycles. The van der Waals surface area contributed by atoms with Gasteiger partial charge in [0, 0.05) is 11.6 Å². The van der Waals surface area contributed by atoms with Crippen LogP contribution in [0.3, 0.4) is 0 Å². The van der Waals surface area contributed by atoms with Crippen molar-refractivity contribution in [3.63, 3.8) is 0 Å². The van der Waals surface area contributed by atoms with Crippen LogP contribution in [0.5, 0.6) is 0 Å². The van der Waals surface area contributed by atoms with Crippen molar-refractivity contribution in [1.29, 1.82) is 0 Å². The van der Waals surface area contributed by atoms with E-state index in [1.165, 1.54) is 0 Å². The van der Waals surface area contributed by atoms with E-state index in [0.29, 0.717) is 12.1 Å². The summed E-state index contributed by atoms with van der Waals surface area (Å²) in [5.74, 6) is 0.331. The van der Waals surface area contributed by atoms with Crippen LogP contribution >= 0.6 is 0 Å². The highest BCUT2D eigenvalue weighted by Gasteiger charge is 2.13. The number of ketones is 1. The van der Waals surface area contributed by atoms with Gasteiger partial charge in [-0.25, -0.2) is 0 Å². The van der Waals surface area contributed by atoms with Gasteiger partial charge in [-0.15, -0.1) is 0 Å². The second-order valence-corrected chi connectivity index (χ2v) is 3.31. The number of carbonyl (C=O) groups is 1. The average Bonchev–Trinajstić information content (AvgIpc) is 1.96. The van der Waals surface area contributed by atoms with Crippen molar-refractivity contribution in [2.45, 2.75) is 39.5 Å². The van der Waals surface area contributed by atoms with Gasteiger partial charge in [-0.3, -0.25) is 4.79 Å². The first-order valence-corrected chi connectivity index (χ1v) is 4.51. The minimum atomic E-state index is 0.0995. The van der Waals surface area contributed by atoms with Crippen molar-refractivity contribution in [2.24, 2.45) is 11.7 Å².